The van der Waals surface area contributed by atoms with Crippen LogP contribution >= 0.6 is 0 Å². The summed E-state index contributed by atoms with van der Waals surface area (Å²) in [7, 11) is 3.50. The summed E-state index contributed by atoms with van der Waals surface area (Å²) in [6, 6.07) is 3.86. The van der Waals surface area contributed by atoms with E-state index in [-0.39, 0.29) is 0 Å². The molecule has 0 spiro atoms. The Morgan fingerprint density at radius 1 is 1.56 bits per heavy atom. The first kappa shape index (κ1) is 10.8. The summed E-state index contributed by atoms with van der Waals surface area (Å²) in [6.45, 7) is 2.45. The molecule has 1 aliphatic heterocycles. The number of fused-ring (bicyclic) bond motifs is 1. The molecule has 4 nitrogen and oxygen atoms in total. The van der Waals surface area contributed by atoms with E-state index in [1.165, 1.54) is 0 Å². The topological polar surface area (TPSA) is 49.8 Å². The van der Waals surface area contributed by atoms with Gasteiger partial charge in [-0.25, -0.2) is 0 Å². The van der Waals surface area contributed by atoms with Crippen molar-refractivity contribution in [3.63, 3.8) is 0 Å². The lowest BCUT2D eigenvalue weighted by molar-refractivity contribution is -0.138. The molecule has 1 atom stereocenters. The van der Waals surface area contributed by atoms with Crippen molar-refractivity contribution in [2.24, 2.45) is 0 Å². The molecular formula is C12H15NO3. The summed E-state index contributed by atoms with van der Waals surface area (Å²) in [5.74, 6) is -0.478. The van der Waals surface area contributed by atoms with Gasteiger partial charge in [-0.15, -0.1) is 0 Å². The number of aliphatic carboxylic acids is 1. The lowest BCUT2D eigenvalue weighted by Gasteiger charge is -2.15. The number of nitrogens with zero attached hydrogens (tertiary/aromatic N) is 1. The van der Waals surface area contributed by atoms with Crippen molar-refractivity contribution in [2.75, 3.05) is 25.6 Å². The Kier molecular flexibility index (Phi) is 2.50. The van der Waals surface area contributed by atoms with Gasteiger partial charge in [0.1, 0.15) is 11.7 Å². The van der Waals surface area contributed by atoms with Crippen molar-refractivity contribution in [3.05, 3.63) is 23.3 Å². The number of carboxylic acids is 1. The number of benzene rings is 1. The molecule has 0 saturated carbocycles. The fourth-order valence-corrected chi connectivity index (χ4v) is 2.28. The van der Waals surface area contributed by atoms with Crippen molar-refractivity contribution in [1.29, 1.82) is 0 Å². The van der Waals surface area contributed by atoms with E-state index >= 15 is 0 Å². The number of hydrogen-bond acceptors (Lipinski definition) is 3. The largest absolute Gasteiger partial charge is 0.495 e. The first-order valence-corrected chi connectivity index (χ1v) is 5.17. The molecule has 16 heavy (non-hydrogen) atoms. The van der Waals surface area contributed by atoms with Crippen LogP contribution in [-0.2, 0) is 4.79 Å². The van der Waals surface area contributed by atoms with E-state index in [4.69, 9.17) is 9.84 Å². The quantitative estimate of drug-likeness (QED) is 0.824. The second-order valence-corrected chi connectivity index (χ2v) is 4.18. The number of aryl methyl sites for hydroxylation is 1. The molecule has 1 N–H and O–H groups in total. The van der Waals surface area contributed by atoms with E-state index in [1.54, 1.807) is 7.11 Å². The van der Waals surface area contributed by atoms with Crippen molar-refractivity contribution in [1.82, 2.24) is 0 Å². The predicted molar refractivity (Wildman–Crippen MR) is 61.4 cm³/mol. The fraction of sp³-hybridized carbons (Fsp3) is 0.417. The third-order valence-corrected chi connectivity index (χ3v) is 2.98. The normalized spacial score (nSPS) is 18.4. The van der Waals surface area contributed by atoms with E-state index < -0.39 is 11.9 Å². The highest BCUT2D eigenvalue weighted by Gasteiger charge is 2.34. The maximum atomic E-state index is 11.2. The van der Waals surface area contributed by atoms with Crippen LogP contribution in [0.15, 0.2) is 12.1 Å². The van der Waals surface area contributed by atoms with Crippen LogP contribution in [-0.4, -0.2) is 31.8 Å². The molecule has 4 heteroatoms. The lowest BCUT2D eigenvalue weighted by Crippen LogP contribution is -2.20. The van der Waals surface area contributed by atoms with E-state index in [1.807, 2.05) is 31.0 Å². The monoisotopic (exact) mass is 221 g/mol. The lowest BCUT2D eigenvalue weighted by atomic mass is 9.99. The average Bonchev–Trinajstić information content (AvgIpc) is 2.55. The van der Waals surface area contributed by atoms with Gasteiger partial charge in [-0.3, -0.25) is 4.79 Å². The summed E-state index contributed by atoms with van der Waals surface area (Å²) in [5.41, 5.74) is 2.78. The van der Waals surface area contributed by atoms with E-state index in [0.29, 0.717) is 6.54 Å². The van der Waals surface area contributed by atoms with Crippen LogP contribution < -0.4 is 9.64 Å². The van der Waals surface area contributed by atoms with Gasteiger partial charge in [-0.1, -0.05) is 6.07 Å². The summed E-state index contributed by atoms with van der Waals surface area (Å²) in [6.07, 6.45) is 0. The molecule has 0 bridgehead atoms. The van der Waals surface area contributed by atoms with Crippen molar-refractivity contribution in [3.8, 4) is 5.75 Å². The molecule has 1 aromatic carbocycles. The molecule has 0 saturated heterocycles. The van der Waals surface area contributed by atoms with Crippen LogP contribution in [0.5, 0.6) is 5.75 Å². The van der Waals surface area contributed by atoms with Gasteiger partial charge in [-0.05, 0) is 24.1 Å². The molecular weight excluding hydrogens is 206 g/mol. The van der Waals surface area contributed by atoms with Crippen molar-refractivity contribution < 1.29 is 14.6 Å². The minimum absolute atomic E-state index is 0.450. The minimum atomic E-state index is -0.779. The number of carboxylic acid groups (broad SMARTS) is 1. The van der Waals surface area contributed by atoms with Crippen LogP contribution in [0.4, 0.5) is 5.69 Å². The maximum absolute atomic E-state index is 11.2. The average molecular weight is 221 g/mol. The summed E-state index contributed by atoms with van der Waals surface area (Å²) >= 11 is 0. The highest BCUT2D eigenvalue weighted by Crippen LogP contribution is 2.42. The highest BCUT2D eigenvalue weighted by molar-refractivity contribution is 5.85. The molecule has 0 amide bonds. The molecule has 0 aromatic heterocycles. The van der Waals surface area contributed by atoms with Gasteiger partial charge in [0.05, 0.1) is 12.8 Å². The Bertz CT molecular complexity index is 442. The Labute approximate surface area is 94.4 Å². The fourth-order valence-electron chi connectivity index (χ4n) is 2.28. The number of ether oxygens (including phenoxy) is 1. The SMILES string of the molecule is COc1cc(C)cc2c1N(C)CC2C(=O)O. The smallest absolute Gasteiger partial charge is 0.312 e. The summed E-state index contributed by atoms with van der Waals surface area (Å²) < 4.78 is 5.30. The third kappa shape index (κ3) is 1.50. The molecule has 0 fully saturated rings. The summed E-state index contributed by atoms with van der Waals surface area (Å²) in [5, 5.41) is 9.16. The van der Waals surface area contributed by atoms with Crippen molar-refractivity contribution in [2.45, 2.75) is 12.8 Å². The maximum Gasteiger partial charge on any atom is 0.312 e. The molecule has 1 heterocycles. The van der Waals surface area contributed by atoms with Gasteiger partial charge in [0.25, 0.3) is 0 Å². The van der Waals surface area contributed by atoms with Gasteiger partial charge in [0, 0.05) is 13.6 Å². The van der Waals surface area contributed by atoms with Crippen LogP contribution in [0.3, 0.4) is 0 Å². The minimum Gasteiger partial charge on any atom is -0.495 e. The number of methoxy groups -OCH3 is 1. The Morgan fingerprint density at radius 2 is 2.25 bits per heavy atom. The van der Waals surface area contributed by atoms with E-state index in [9.17, 15) is 4.79 Å². The van der Waals surface area contributed by atoms with Crippen LogP contribution in [0.1, 0.15) is 17.0 Å². The van der Waals surface area contributed by atoms with Gasteiger partial charge < -0.3 is 14.7 Å². The van der Waals surface area contributed by atoms with E-state index in [2.05, 4.69) is 0 Å². The van der Waals surface area contributed by atoms with Crippen LogP contribution in [0.25, 0.3) is 0 Å². The third-order valence-electron chi connectivity index (χ3n) is 2.98. The first-order valence-electron chi connectivity index (χ1n) is 5.17. The predicted octanol–water partition coefficient (Wildman–Crippen LogP) is 1.62. The number of anilines is 1. The zero-order chi connectivity index (χ0) is 11.9. The molecule has 86 valence electrons. The molecule has 1 aliphatic rings. The van der Waals surface area contributed by atoms with Gasteiger partial charge >= 0.3 is 5.97 Å². The molecule has 1 unspecified atom stereocenters. The van der Waals surface area contributed by atoms with E-state index in [0.717, 1.165) is 22.6 Å². The molecule has 0 radical (unpaired) electrons. The van der Waals surface area contributed by atoms with Crippen molar-refractivity contribution >= 4 is 11.7 Å². The number of rotatable bonds is 2. The van der Waals surface area contributed by atoms with Crippen LogP contribution in [0.2, 0.25) is 0 Å². The zero-order valence-electron chi connectivity index (χ0n) is 9.65. The summed E-state index contributed by atoms with van der Waals surface area (Å²) in [4.78, 5) is 13.1. The highest BCUT2D eigenvalue weighted by atomic mass is 16.5. The Balaban J connectivity index is 2.60. The first-order chi connectivity index (χ1) is 7.54. The zero-order valence-corrected chi connectivity index (χ0v) is 9.65. The van der Waals surface area contributed by atoms with Gasteiger partial charge in [-0.2, -0.15) is 0 Å². The second-order valence-electron chi connectivity index (χ2n) is 4.18. The molecule has 2 rings (SSSR count). The van der Waals surface area contributed by atoms with Crippen LogP contribution in [0, 0.1) is 6.92 Å². The standard InChI is InChI=1S/C12H15NO3/c1-7-4-8-9(12(14)15)6-13(2)11(8)10(5-7)16-3/h4-5,9H,6H2,1-3H3,(H,14,15). The Morgan fingerprint density at radius 3 is 2.81 bits per heavy atom. The number of hydrogen-bond donors (Lipinski definition) is 1. The number of carbonyl (C=O) groups is 1. The molecule has 0 aliphatic carbocycles. The number of likely N-dealkylation sites (N-methyl/N-ethyl adjacent to an activating group) is 1. The van der Waals surface area contributed by atoms with Gasteiger partial charge in [0.2, 0.25) is 0 Å². The second kappa shape index (κ2) is 3.70. The molecule has 1 aromatic rings. The Hall–Kier alpha value is -1.71. The van der Waals surface area contributed by atoms with Gasteiger partial charge in [0.15, 0.2) is 0 Å².